The predicted octanol–water partition coefficient (Wildman–Crippen LogP) is -0.659. The molecular formula is C2H2InO2. The summed E-state index contributed by atoms with van der Waals surface area (Å²) in [6.45, 7) is 0. The van der Waals surface area contributed by atoms with Crippen LogP contribution in [0.15, 0.2) is 0 Å². The maximum absolute atomic E-state index is 4.57. The average molecular weight is 173 g/mol. The normalized spacial score (nSPS) is 5.40. The molecule has 3 heteroatoms. The molecule has 0 unspecified atom stereocenters. The molecule has 0 aliphatic carbocycles. The van der Waals surface area contributed by atoms with Crippen LogP contribution in [0.25, 0.3) is 0 Å². The first-order valence-corrected chi connectivity index (χ1v) is 2.60. The number of hydrogen-bond acceptors (Lipinski definition) is 2. The van der Waals surface area contributed by atoms with Crippen LogP contribution in [0.3, 0.4) is 0 Å². The van der Waals surface area contributed by atoms with Gasteiger partial charge in [0.15, 0.2) is 0 Å². The van der Waals surface area contributed by atoms with E-state index in [0.29, 0.717) is 24.8 Å². The van der Waals surface area contributed by atoms with Gasteiger partial charge in [-0.2, -0.15) is 0 Å². The summed E-state index contributed by atoms with van der Waals surface area (Å²) in [6, 6.07) is 0. The van der Waals surface area contributed by atoms with E-state index in [1.807, 2.05) is 6.11 Å². The van der Waals surface area contributed by atoms with Gasteiger partial charge < -0.3 is 0 Å². The minimum atomic E-state index is 0.352. The molecule has 0 spiro atoms. The Hall–Kier alpha value is 0.190. The Kier molecular flexibility index (Phi) is 4.35. The fourth-order valence-corrected chi connectivity index (χ4v) is 0.228. The Labute approximate surface area is 45.6 Å². The summed E-state index contributed by atoms with van der Waals surface area (Å²) in [6.07, 6.45) is 6.41. The molecule has 0 aromatic carbocycles. The molecule has 0 rings (SSSR count). The van der Waals surface area contributed by atoms with Gasteiger partial charge >= 0.3 is 45.2 Å². The van der Waals surface area contributed by atoms with Crippen LogP contribution < -0.4 is 0 Å². The van der Waals surface area contributed by atoms with Crippen LogP contribution in [0.1, 0.15) is 0 Å². The SMILES string of the molecule is C#CO[O][InH]. The third kappa shape index (κ3) is 4.19. The van der Waals surface area contributed by atoms with E-state index in [2.05, 4.69) is 14.3 Å². The molecule has 5 heavy (non-hydrogen) atoms. The van der Waals surface area contributed by atoms with Crippen LogP contribution in [-0.2, 0) is 7.89 Å². The summed E-state index contributed by atoms with van der Waals surface area (Å²) in [7, 11) is 0. The molecule has 0 bridgehead atoms. The van der Waals surface area contributed by atoms with Crippen LogP contribution >= 0.6 is 0 Å². The first kappa shape index (κ1) is 5.19. The molecule has 0 N–H and O–H groups in total. The van der Waals surface area contributed by atoms with E-state index in [1.165, 1.54) is 0 Å². The molecule has 0 heterocycles. The maximum atomic E-state index is 4.57. The van der Waals surface area contributed by atoms with Crippen LogP contribution in [0.4, 0.5) is 0 Å². The number of terminal acetylenes is 1. The Balaban J connectivity index is 2.48. The molecule has 0 aliphatic heterocycles. The topological polar surface area (TPSA) is 18.5 Å². The van der Waals surface area contributed by atoms with Crippen molar-refractivity contribution in [2.45, 2.75) is 0 Å². The van der Waals surface area contributed by atoms with Crippen LogP contribution in [0.5, 0.6) is 0 Å². The Morgan fingerprint density at radius 2 is 2.40 bits per heavy atom. The van der Waals surface area contributed by atoms with Gasteiger partial charge in [-0.3, -0.25) is 0 Å². The second-order valence-corrected chi connectivity index (χ2v) is 0.992. The first-order chi connectivity index (χ1) is 2.41. The first-order valence-electron chi connectivity index (χ1n) is 0.948. The zero-order valence-corrected chi connectivity index (χ0v) is 6.64. The third-order valence-electron chi connectivity index (χ3n) is 0.107. The fourth-order valence-electron chi connectivity index (χ4n) is 0.0340. The summed E-state index contributed by atoms with van der Waals surface area (Å²) < 4.78 is 4.12. The minimum absolute atomic E-state index is 0.352. The van der Waals surface area contributed by atoms with E-state index >= 15 is 0 Å². The molecule has 0 saturated carbocycles. The van der Waals surface area contributed by atoms with E-state index in [1.54, 1.807) is 0 Å². The van der Waals surface area contributed by atoms with Crippen molar-refractivity contribution >= 4 is 24.8 Å². The quantitative estimate of drug-likeness (QED) is 0.297. The molecule has 25 valence electrons. The molecule has 1 radical (unpaired) electrons. The van der Waals surface area contributed by atoms with Crippen molar-refractivity contribution in [1.29, 1.82) is 0 Å². The van der Waals surface area contributed by atoms with E-state index in [9.17, 15) is 0 Å². The molecule has 0 saturated heterocycles. The summed E-state index contributed by atoms with van der Waals surface area (Å²) >= 11 is 0.352. The second-order valence-electron chi connectivity index (χ2n) is 0.319. The number of hydrogen-bond donors (Lipinski definition) is 0. The summed E-state index contributed by atoms with van der Waals surface area (Å²) in [5, 5.41) is 0. The van der Waals surface area contributed by atoms with Gasteiger partial charge in [0.2, 0.25) is 0 Å². The van der Waals surface area contributed by atoms with E-state index in [-0.39, 0.29) is 0 Å². The van der Waals surface area contributed by atoms with Gasteiger partial charge in [0.1, 0.15) is 0 Å². The Morgan fingerprint density at radius 1 is 1.80 bits per heavy atom. The van der Waals surface area contributed by atoms with Crippen molar-refractivity contribution in [3.63, 3.8) is 0 Å². The van der Waals surface area contributed by atoms with Gasteiger partial charge in [-0.05, 0) is 0 Å². The summed E-state index contributed by atoms with van der Waals surface area (Å²) in [4.78, 5) is 3.94. The molecule has 0 aromatic heterocycles. The molecule has 0 fully saturated rings. The van der Waals surface area contributed by atoms with Gasteiger partial charge in [-0.1, -0.05) is 0 Å². The van der Waals surface area contributed by atoms with Gasteiger partial charge in [0.25, 0.3) is 0 Å². The van der Waals surface area contributed by atoms with Crippen molar-refractivity contribution in [2.75, 3.05) is 0 Å². The van der Waals surface area contributed by atoms with E-state index in [0.717, 1.165) is 0 Å². The van der Waals surface area contributed by atoms with Crippen molar-refractivity contribution in [3.05, 3.63) is 0 Å². The Bertz CT molecular complexity index is 46.1. The van der Waals surface area contributed by atoms with E-state index in [4.69, 9.17) is 0 Å². The van der Waals surface area contributed by atoms with Gasteiger partial charge in [-0.15, -0.1) is 0 Å². The van der Waals surface area contributed by atoms with Crippen molar-refractivity contribution in [3.8, 4) is 12.5 Å². The van der Waals surface area contributed by atoms with Crippen molar-refractivity contribution in [2.24, 2.45) is 0 Å². The van der Waals surface area contributed by atoms with Crippen LogP contribution in [0.2, 0.25) is 0 Å². The second kappa shape index (κ2) is 4.19. The molecule has 0 aromatic rings. The predicted molar refractivity (Wildman–Crippen MR) is 18.2 cm³/mol. The molecule has 2 nitrogen and oxygen atoms in total. The monoisotopic (exact) mass is 173 g/mol. The van der Waals surface area contributed by atoms with Crippen molar-refractivity contribution in [1.82, 2.24) is 0 Å². The number of rotatable bonds is 1. The summed E-state index contributed by atoms with van der Waals surface area (Å²) in [5.41, 5.74) is 0. The van der Waals surface area contributed by atoms with Gasteiger partial charge in [0, 0.05) is 0 Å². The van der Waals surface area contributed by atoms with Crippen LogP contribution in [0, 0.1) is 12.5 Å². The molecule has 0 amide bonds. The standard InChI is InChI=1S/C2H2O2.In.H/c1-2-4-3;;/h1,3H;;/q;+1;/p-1. The zero-order valence-electron chi connectivity index (χ0n) is 2.60. The fraction of sp³-hybridized carbons (Fsp3) is 0. The van der Waals surface area contributed by atoms with E-state index < -0.39 is 0 Å². The van der Waals surface area contributed by atoms with Crippen LogP contribution in [-0.4, -0.2) is 24.8 Å². The average Bonchev–Trinajstić information content (AvgIpc) is 1.41. The zero-order chi connectivity index (χ0) is 4.12. The molecular weight excluding hydrogens is 171 g/mol. The molecule has 0 atom stereocenters. The Morgan fingerprint density at radius 3 is 2.40 bits per heavy atom. The van der Waals surface area contributed by atoms with Gasteiger partial charge in [-0.25, -0.2) is 0 Å². The third-order valence-corrected chi connectivity index (χ3v) is 0.443. The molecule has 0 aliphatic rings. The summed E-state index contributed by atoms with van der Waals surface area (Å²) in [5.74, 6) is 0. The van der Waals surface area contributed by atoms with Gasteiger partial charge in [0.05, 0.1) is 0 Å². The van der Waals surface area contributed by atoms with Crippen molar-refractivity contribution < 1.29 is 7.89 Å².